The molecular formula is C39H48O. The van der Waals surface area contributed by atoms with E-state index in [1.54, 1.807) is 0 Å². The summed E-state index contributed by atoms with van der Waals surface area (Å²) in [6.07, 6.45) is 13.0. The fraction of sp³-hybridized carbons (Fsp3) is 0.385. The zero-order chi connectivity index (χ0) is 28.2. The van der Waals surface area contributed by atoms with Crippen LogP contribution < -0.4 is 0 Å². The first-order valence-corrected chi connectivity index (χ1v) is 15.7. The van der Waals surface area contributed by atoms with Crippen LogP contribution in [0.1, 0.15) is 109 Å². The largest absolute Gasteiger partial charge is 0.508 e. The van der Waals surface area contributed by atoms with Crippen molar-refractivity contribution in [2.24, 2.45) is 0 Å². The van der Waals surface area contributed by atoms with Gasteiger partial charge in [0.1, 0.15) is 5.75 Å². The smallest absolute Gasteiger partial charge is 0.119 e. The number of unbranched alkanes of at least 4 members (excludes halogenated alkanes) is 3. The highest BCUT2D eigenvalue weighted by Gasteiger charge is 2.18. The van der Waals surface area contributed by atoms with Crippen molar-refractivity contribution < 1.29 is 5.11 Å². The van der Waals surface area contributed by atoms with Crippen molar-refractivity contribution in [2.75, 3.05) is 0 Å². The molecule has 0 bridgehead atoms. The molecule has 0 saturated carbocycles. The fourth-order valence-corrected chi connectivity index (χ4v) is 5.92. The standard InChI is InChI=1S/C39H48O/c1-4-7-16-30-19-10-13-22-33(30)27-36-25-26-39(40)38(29-35-24-15-12-21-32(35)18-9-6-3)37(36)28-34-23-14-11-20-31(34)17-8-5-2/h10-15,19-26,40H,4-9,16-18,27-29H2,1-3H3. The molecule has 0 saturated heterocycles. The van der Waals surface area contributed by atoms with Crippen molar-refractivity contribution in [3.05, 3.63) is 135 Å². The summed E-state index contributed by atoms with van der Waals surface area (Å²) >= 11 is 0. The minimum Gasteiger partial charge on any atom is -0.508 e. The van der Waals surface area contributed by atoms with Gasteiger partial charge >= 0.3 is 0 Å². The van der Waals surface area contributed by atoms with Gasteiger partial charge in [0.2, 0.25) is 0 Å². The molecule has 1 N–H and O–H groups in total. The third-order valence-corrected chi connectivity index (χ3v) is 8.37. The average Bonchev–Trinajstić information content (AvgIpc) is 2.98. The Morgan fingerprint density at radius 3 is 1.20 bits per heavy atom. The van der Waals surface area contributed by atoms with Gasteiger partial charge in [0.25, 0.3) is 0 Å². The Labute approximate surface area is 243 Å². The predicted molar refractivity (Wildman–Crippen MR) is 172 cm³/mol. The van der Waals surface area contributed by atoms with E-state index in [2.05, 4.69) is 99.6 Å². The van der Waals surface area contributed by atoms with Gasteiger partial charge in [-0.05, 0) is 102 Å². The van der Waals surface area contributed by atoms with E-state index in [0.29, 0.717) is 5.75 Å². The highest BCUT2D eigenvalue weighted by molar-refractivity contribution is 5.52. The number of phenolic OH excluding ortho intramolecular Hbond substituents is 1. The molecule has 0 heterocycles. The quantitative estimate of drug-likeness (QED) is 0.161. The molecule has 4 aromatic rings. The summed E-state index contributed by atoms with van der Waals surface area (Å²) in [7, 11) is 0. The van der Waals surface area contributed by atoms with E-state index >= 15 is 0 Å². The van der Waals surface area contributed by atoms with Gasteiger partial charge in [-0.2, -0.15) is 0 Å². The molecule has 0 fully saturated rings. The van der Waals surface area contributed by atoms with Crippen LogP contribution in [-0.4, -0.2) is 5.11 Å². The lowest BCUT2D eigenvalue weighted by molar-refractivity contribution is 0.468. The number of hydrogen-bond acceptors (Lipinski definition) is 1. The molecule has 1 heteroatoms. The van der Waals surface area contributed by atoms with Gasteiger partial charge < -0.3 is 5.11 Å². The van der Waals surface area contributed by atoms with Crippen molar-refractivity contribution in [1.82, 2.24) is 0 Å². The van der Waals surface area contributed by atoms with Gasteiger partial charge in [-0.15, -0.1) is 0 Å². The Bertz CT molecular complexity index is 1350. The summed E-state index contributed by atoms with van der Waals surface area (Å²) in [4.78, 5) is 0. The molecule has 0 aromatic heterocycles. The number of rotatable bonds is 15. The highest BCUT2D eigenvalue weighted by Crippen LogP contribution is 2.33. The molecule has 0 unspecified atom stereocenters. The monoisotopic (exact) mass is 532 g/mol. The second kappa shape index (κ2) is 15.5. The fourth-order valence-electron chi connectivity index (χ4n) is 5.92. The van der Waals surface area contributed by atoms with Crippen LogP contribution in [0.15, 0.2) is 84.9 Å². The molecule has 0 aliphatic carbocycles. The number of hydrogen-bond donors (Lipinski definition) is 1. The van der Waals surface area contributed by atoms with Gasteiger partial charge in [-0.3, -0.25) is 0 Å². The molecule has 210 valence electrons. The molecule has 4 aromatic carbocycles. The number of benzene rings is 4. The minimum absolute atomic E-state index is 0.425. The summed E-state index contributed by atoms with van der Waals surface area (Å²) in [6, 6.07) is 30.9. The predicted octanol–water partition coefficient (Wildman–Crippen LogP) is 10.2. The molecular weight excluding hydrogens is 484 g/mol. The van der Waals surface area contributed by atoms with Crippen molar-refractivity contribution in [3.63, 3.8) is 0 Å². The van der Waals surface area contributed by atoms with Crippen LogP contribution in [0.2, 0.25) is 0 Å². The van der Waals surface area contributed by atoms with Crippen LogP contribution in [0.3, 0.4) is 0 Å². The first-order valence-electron chi connectivity index (χ1n) is 15.7. The third kappa shape index (κ3) is 7.87. The summed E-state index contributed by atoms with van der Waals surface area (Å²) in [6.45, 7) is 6.78. The molecule has 0 amide bonds. The second-order valence-electron chi connectivity index (χ2n) is 11.3. The van der Waals surface area contributed by atoms with E-state index in [9.17, 15) is 5.11 Å². The van der Waals surface area contributed by atoms with Crippen molar-refractivity contribution in [1.29, 1.82) is 0 Å². The third-order valence-electron chi connectivity index (χ3n) is 8.37. The zero-order valence-electron chi connectivity index (χ0n) is 25.0. The van der Waals surface area contributed by atoms with Crippen LogP contribution in [0, 0.1) is 0 Å². The summed E-state index contributed by atoms with van der Waals surface area (Å²) < 4.78 is 0. The number of aryl methyl sites for hydroxylation is 3. The molecule has 0 radical (unpaired) electrons. The van der Waals surface area contributed by atoms with Crippen LogP contribution in [0.25, 0.3) is 0 Å². The van der Waals surface area contributed by atoms with Gasteiger partial charge in [0.05, 0.1) is 0 Å². The molecule has 0 aliphatic rings. The minimum atomic E-state index is 0.425. The SMILES string of the molecule is CCCCc1ccccc1Cc1ccc(O)c(Cc2ccccc2CCCC)c1Cc1ccccc1CCCC. The Balaban J connectivity index is 1.80. The van der Waals surface area contributed by atoms with Crippen molar-refractivity contribution in [3.8, 4) is 5.75 Å². The van der Waals surface area contributed by atoms with Crippen LogP contribution in [0.5, 0.6) is 5.75 Å². The average molecular weight is 533 g/mol. The first-order chi connectivity index (χ1) is 19.6. The number of phenols is 1. The van der Waals surface area contributed by atoms with Crippen LogP contribution >= 0.6 is 0 Å². The summed E-state index contributed by atoms with van der Waals surface area (Å²) in [5, 5.41) is 11.4. The van der Waals surface area contributed by atoms with E-state index in [4.69, 9.17) is 0 Å². The van der Waals surface area contributed by atoms with E-state index in [-0.39, 0.29) is 0 Å². The molecule has 40 heavy (non-hydrogen) atoms. The van der Waals surface area contributed by atoms with E-state index in [1.165, 1.54) is 83.0 Å². The summed E-state index contributed by atoms with van der Waals surface area (Å²) in [5.41, 5.74) is 12.2. The Hall–Kier alpha value is -3.32. The maximum absolute atomic E-state index is 11.4. The Morgan fingerprint density at radius 2 is 0.775 bits per heavy atom. The van der Waals surface area contributed by atoms with Gasteiger partial charge in [0.15, 0.2) is 0 Å². The maximum Gasteiger partial charge on any atom is 0.119 e. The lowest BCUT2D eigenvalue weighted by Gasteiger charge is -2.20. The lowest BCUT2D eigenvalue weighted by Crippen LogP contribution is -2.07. The van der Waals surface area contributed by atoms with E-state index in [1.807, 2.05) is 6.07 Å². The topological polar surface area (TPSA) is 20.2 Å². The van der Waals surface area contributed by atoms with Gasteiger partial charge in [0, 0.05) is 12.0 Å². The second-order valence-corrected chi connectivity index (χ2v) is 11.3. The van der Waals surface area contributed by atoms with E-state index in [0.717, 1.165) is 44.1 Å². The molecule has 0 atom stereocenters. The molecule has 0 aliphatic heterocycles. The normalized spacial score (nSPS) is 11.2. The first kappa shape index (κ1) is 29.7. The maximum atomic E-state index is 11.4. The summed E-state index contributed by atoms with van der Waals surface area (Å²) in [5.74, 6) is 0.425. The number of aromatic hydroxyl groups is 1. The van der Waals surface area contributed by atoms with Gasteiger partial charge in [-0.1, -0.05) is 119 Å². The highest BCUT2D eigenvalue weighted by atomic mass is 16.3. The molecule has 4 rings (SSSR count). The molecule has 0 spiro atoms. The molecule has 1 nitrogen and oxygen atoms in total. The Morgan fingerprint density at radius 1 is 0.400 bits per heavy atom. The van der Waals surface area contributed by atoms with E-state index < -0.39 is 0 Å². The van der Waals surface area contributed by atoms with Crippen molar-refractivity contribution in [2.45, 2.75) is 97.8 Å². The van der Waals surface area contributed by atoms with Crippen LogP contribution in [-0.2, 0) is 38.5 Å². The van der Waals surface area contributed by atoms with Crippen LogP contribution in [0.4, 0.5) is 0 Å². The lowest BCUT2D eigenvalue weighted by atomic mass is 9.85. The Kier molecular flexibility index (Phi) is 11.5. The van der Waals surface area contributed by atoms with Gasteiger partial charge in [-0.25, -0.2) is 0 Å². The van der Waals surface area contributed by atoms with Crippen molar-refractivity contribution >= 4 is 0 Å². The zero-order valence-corrected chi connectivity index (χ0v) is 25.0.